The minimum atomic E-state index is -0.242. The number of hydrogen-bond donors (Lipinski definition) is 1. The Balaban J connectivity index is 1.32. The number of hydrogen-bond acceptors (Lipinski definition) is 4. The normalized spacial score (nSPS) is 14.0. The number of anilines is 2. The number of rotatable bonds is 5. The zero-order valence-electron chi connectivity index (χ0n) is 18.7. The molecule has 7 heteroatoms. The van der Waals surface area contributed by atoms with Crippen LogP contribution >= 0.6 is 11.6 Å². The van der Waals surface area contributed by atoms with Crippen LogP contribution in [0.1, 0.15) is 18.2 Å². The van der Waals surface area contributed by atoms with E-state index in [4.69, 9.17) is 16.0 Å². The lowest BCUT2D eigenvalue weighted by atomic mass is 10.1. The van der Waals surface area contributed by atoms with E-state index in [1.165, 1.54) is 6.08 Å². The topological polar surface area (TPSA) is 65.8 Å². The van der Waals surface area contributed by atoms with Gasteiger partial charge in [0.2, 0.25) is 11.8 Å². The van der Waals surface area contributed by atoms with Gasteiger partial charge in [0, 0.05) is 61.1 Å². The molecule has 6 nitrogen and oxygen atoms in total. The van der Waals surface area contributed by atoms with E-state index >= 15 is 0 Å². The Kier molecular flexibility index (Phi) is 6.84. The number of carbonyl (C=O) groups is 2. The molecular weight excluding hydrogens is 438 g/mol. The second-order valence-electron chi connectivity index (χ2n) is 8.03. The minimum Gasteiger partial charge on any atom is -0.457 e. The van der Waals surface area contributed by atoms with Crippen molar-refractivity contribution in [2.75, 3.05) is 36.4 Å². The molecule has 4 rings (SSSR count). The van der Waals surface area contributed by atoms with E-state index in [0.29, 0.717) is 22.2 Å². The fraction of sp³-hybridized carbons (Fsp3) is 0.231. The number of halogens is 1. The van der Waals surface area contributed by atoms with Gasteiger partial charge in [-0.25, -0.2) is 0 Å². The van der Waals surface area contributed by atoms with Crippen LogP contribution in [-0.2, 0) is 9.59 Å². The molecule has 1 fully saturated rings. The van der Waals surface area contributed by atoms with Gasteiger partial charge in [0.05, 0.1) is 0 Å². The highest BCUT2D eigenvalue weighted by molar-refractivity contribution is 6.31. The summed E-state index contributed by atoms with van der Waals surface area (Å²) >= 11 is 6.20. The van der Waals surface area contributed by atoms with Crippen molar-refractivity contribution in [3.63, 3.8) is 0 Å². The molecule has 0 radical (unpaired) electrons. The molecule has 3 aromatic rings. The van der Waals surface area contributed by atoms with Crippen LogP contribution in [0, 0.1) is 6.92 Å². The molecule has 1 aliphatic heterocycles. The van der Waals surface area contributed by atoms with Gasteiger partial charge in [-0.1, -0.05) is 23.7 Å². The van der Waals surface area contributed by atoms with Gasteiger partial charge in [0.25, 0.3) is 0 Å². The Morgan fingerprint density at radius 2 is 1.73 bits per heavy atom. The maximum Gasteiger partial charge on any atom is 0.248 e. The predicted molar refractivity (Wildman–Crippen MR) is 132 cm³/mol. The lowest BCUT2D eigenvalue weighted by Crippen LogP contribution is -2.48. The molecule has 170 valence electrons. The minimum absolute atomic E-state index is 0.117. The highest BCUT2D eigenvalue weighted by atomic mass is 35.5. The van der Waals surface area contributed by atoms with E-state index in [-0.39, 0.29) is 11.8 Å². The maximum atomic E-state index is 12.3. The van der Waals surface area contributed by atoms with Crippen molar-refractivity contribution in [1.82, 2.24) is 4.90 Å². The lowest BCUT2D eigenvalue weighted by Gasteiger charge is -2.35. The molecule has 0 atom stereocenters. The average molecular weight is 464 g/mol. The standard InChI is InChI=1S/C26H26ClN3O3/c1-18-3-4-20(17-24(18)27)25-11-9-23(33-25)10-12-26(32)28-21-5-7-22(8-6-21)30-15-13-29(14-16-30)19(2)31/h3-12,17H,13-16H2,1-2H3,(H,28,32)/b12-10-. The van der Waals surface area contributed by atoms with Gasteiger partial charge in [-0.05, 0) is 61.0 Å². The number of aryl methyl sites for hydroxylation is 1. The van der Waals surface area contributed by atoms with E-state index in [0.717, 1.165) is 43.0 Å². The summed E-state index contributed by atoms with van der Waals surface area (Å²) in [5.41, 5.74) is 3.68. The van der Waals surface area contributed by atoms with Gasteiger partial charge in [-0.3, -0.25) is 9.59 Å². The van der Waals surface area contributed by atoms with E-state index in [1.807, 2.05) is 66.4 Å². The van der Waals surface area contributed by atoms with Gasteiger partial charge in [0.15, 0.2) is 0 Å². The third-order valence-corrected chi connectivity index (χ3v) is 6.11. The van der Waals surface area contributed by atoms with Crippen LogP contribution in [0.25, 0.3) is 17.4 Å². The number of carbonyl (C=O) groups excluding carboxylic acids is 2. The molecule has 2 heterocycles. The largest absolute Gasteiger partial charge is 0.457 e. The number of benzene rings is 2. The predicted octanol–water partition coefficient (Wildman–Crippen LogP) is 5.23. The summed E-state index contributed by atoms with van der Waals surface area (Å²) < 4.78 is 5.81. The molecule has 2 aromatic carbocycles. The summed E-state index contributed by atoms with van der Waals surface area (Å²) in [6.45, 7) is 6.60. The first kappa shape index (κ1) is 22.7. The van der Waals surface area contributed by atoms with Crippen LogP contribution in [0.4, 0.5) is 11.4 Å². The molecule has 1 saturated heterocycles. The second kappa shape index (κ2) is 9.96. The molecule has 2 amide bonds. The summed E-state index contributed by atoms with van der Waals surface area (Å²) in [7, 11) is 0. The highest BCUT2D eigenvalue weighted by Gasteiger charge is 2.18. The Bertz CT molecular complexity index is 1180. The third kappa shape index (κ3) is 5.65. The van der Waals surface area contributed by atoms with Crippen LogP contribution in [0.3, 0.4) is 0 Å². The molecule has 0 bridgehead atoms. The first-order chi connectivity index (χ1) is 15.9. The SMILES string of the molecule is CC(=O)N1CCN(c2ccc(NC(=O)/C=C\c3ccc(-c4ccc(C)c(Cl)c4)o3)cc2)CC1. The molecule has 0 aliphatic carbocycles. The van der Waals surface area contributed by atoms with Crippen LogP contribution in [0.5, 0.6) is 0 Å². The molecule has 1 N–H and O–H groups in total. The van der Waals surface area contributed by atoms with E-state index in [1.54, 1.807) is 13.0 Å². The number of nitrogens with zero attached hydrogens (tertiary/aromatic N) is 2. The quantitative estimate of drug-likeness (QED) is 0.526. The molecule has 0 saturated carbocycles. The van der Waals surface area contributed by atoms with Crippen molar-refractivity contribution in [2.24, 2.45) is 0 Å². The number of piperazine rings is 1. The molecule has 1 aliphatic rings. The average Bonchev–Trinajstić information content (AvgIpc) is 3.29. The summed E-state index contributed by atoms with van der Waals surface area (Å²) in [5.74, 6) is 1.15. The Hall–Kier alpha value is -3.51. The fourth-order valence-corrected chi connectivity index (χ4v) is 3.90. The van der Waals surface area contributed by atoms with Crippen LogP contribution in [-0.4, -0.2) is 42.9 Å². The van der Waals surface area contributed by atoms with Crippen molar-refractivity contribution in [3.8, 4) is 11.3 Å². The van der Waals surface area contributed by atoms with Crippen molar-refractivity contribution in [3.05, 3.63) is 77.0 Å². The van der Waals surface area contributed by atoms with Gasteiger partial charge in [0.1, 0.15) is 11.5 Å². The highest BCUT2D eigenvalue weighted by Crippen LogP contribution is 2.27. The summed E-state index contributed by atoms with van der Waals surface area (Å²) in [5, 5.41) is 3.55. The van der Waals surface area contributed by atoms with Crippen LogP contribution in [0.15, 0.2) is 65.1 Å². The van der Waals surface area contributed by atoms with E-state index < -0.39 is 0 Å². The first-order valence-corrected chi connectivity index (χ1v) is 11.2. The third-order valence-electron chi connectivity index (χ3n) is 5.71. The number of amides is 2. The molecule has 33 heavy (non-hydrogen) atoms. The van der Waals surface area contributed by atoms with Gasteiger partial charge >= 0.3 is 0 Å². The lowest BCUT2D eigenvalue weighted by molar-refractivity contribution is -0.129. The van der Waals surface area contributed by atoms with Crippen molar-refractivity contribution in [2.45, 2.75) is 13.8 Å². The summed E-state index contributed by atoms with van der Waals surface area (Å²) in [6.07, 6.45) is 3.08. The van der Waals surface area contributed by atoms with Crippen molar-refractivity contribution < 1.29 is 14.0 Å². The molecular formula is C26H26ClN3O3. The maximum absolute atomic E-state index is 12.3. The van der Waals surface area contributed by atoms with E-state index in [9.17, 15) is 9.59 Å². The molecule has 0 unspecified atom stereocenters. The van der Waals surface area contributed by atoms with Crippen LogP contribution < -0.4 is 10.2 Å². The number of furan rings is 1. The zero-order chi connectivity index (χ0) is 23.4. The second-order valence-corrected chi connectivity index (χ2v) is 8.44. The fourth-order valence-electron chi connectivity index (χ4n) is 3.72. The van der Waals surface area contributed by atoms with Crippen molar-refractivity contribution >= 4 is 40.9 Å². The first-order valence-electron chi connectivity index (χ1n) is 10.8. The summed E-state index contributed by atoms with van der Waals surface area (Å²) in [6, 6.07) is 17.1. The monoisotopic (exact) mass is 463 g/mol. The molecule has 1 aromatic heterocycles. The smallest absolute Gasteiger partial charge is 0.248 e. The van der Waals surface area contributed by atoms with Gasteiger partial charge < -0.3 is 19.5 Å². The Morgan fingerprint density at radius 3 is 2.39 bits per heavy atom. The van der Waals surface area contributed by atoms with E-state index in [2.05, 4.69) is 10.2 Å². The molecule has 0 spiro atoms. The Morgan fingerprint density at radius 1 is 1.00 bits per heavy atom. The zero-order valence-corrected chi connectivity index (χ0v) is 19.4. The summed E-state index contributed by atoms with van der Waals surface area (Å²) in [4.78, 5) is 27.9. The van der Waals surface area contributed by atoms with Gasteiger partial charge in [-0.2, -0.15) is 0 Å². The number of nitrogens with one attached hydrogen (secondary N) is 1. The Labute approximate surface area is 198 Å². The van der Waals surface area contributed by atoms with Crippen molar-refractivity contribution in [1.29, 1.82) is 0 Å². The van der Waals surface area contributed by atoms with Crippen LogP contribution in [0.2, 0.25) is 5.02 Å². The van der Waals surface area contributed by atoms with Gasteiger partial charge in [-0.15, -0.1) is 0 Å².